The SMILES string of the molecule is CC(C)n1cnc(-c2ccccc2)c1-c1cc2cncnc2s1. The maximum Gasteiger partial charge on any atom is 0.127 e. The summed E-state index contributed by atoms with van der Waals surface area (Å²) < 4.78 is 2.22. The van der Waals surface area contributed by atoms with Crippen LogP contribution in [-0.2, 0) is 0 Å². The second-order valence-corrected chi connectivity index (χ2v) is 6.73. The van der Waals surface area contributed by atoms with Gasteiger partial charge in [0.25, 0.3) is 0 Å². The highest BCUT2D eigenvalue weighted by molar-refractivity contribution is 7.21. The summed E-state index contributed by atoms with van der Waals surface area (Å²) >= 11 is 1.68. The van der Waals surface area contributed by atoms with Crippen molar-refractivity contribution >= 4 is 21.6 Å². The fourth-order valence-electron chi connectivity index (χ4n) is 2.71. The third kappa shape index (κ3) is 2.43. The number of fused-ring (bicyclic) bond motifs is 1. The van der Waals surface area contributed by atoms with Gasteiger partial charge in [-0.05, 0) is 19.9 Å². The molecule has 0 amide bonds. The number of thiophene rings is 1. The molecule has 0 unspecified atom stereocenters. The Kier molecular flexibility index (Phi) is 3.42. The van der Waals surface area contributed by atoms with Crippen molar-refractivity contribution in [2.45, 2.75) is 19.9 Å². The maximum absolute atomic E-state index is 4.69. The van der Waals surface area contributed by atoms with Crippen molar-refractivity contribution in [2.24, 2.45) is 0 Å². The zero-order chi connectivity index (χ0) is 15.8. The Bertz CT molecular complexity index is 920. The number of hydrogen-bond donors (Lipinski definition) is 0. The van der Waals surface area contributed by atoms with Crippen molar-refractivity contribution in [2.75, 3.05) is 0 Å². The van der Waals surface area contributed by atoms with Gasteiger partial charge in [-0.15, -0.1) is 11.3 Å². The van der Waals surface area contributed by atoms with E-state index in [1.54, 1.807) is 17.7 Å². The number of rotatable bonds is 3. The summed E-state index contributed by atoms with van der Waals surface area (Å²) in [5.41, 5.74) is 3.29. The fraction of sp³-hybridized carbons (Fsp3) is 0.167. The Morgan fingerprint density at radius 3 is 2.65 bits per heavy atom. The van der Waals surface area contributed by atoms with E-state index in [1.165, 1.54) is 4.88 Å². The molecule has 0 bridgehead atoms. The number of imidazole rings is 1. The van der Waals surface area contributed by atoms with Crippen molar-refractivity contribution in [3.05, 3.63) is 55.2 Å². The Balaban J connectivity index is 1.97. The van der Waals surface area contributed by atoms with Crippen LogP contribution in [0.3, 0.4) is 0 Å². The summed E-state index contributed by atoms with van der Waals surface area (Å²) in [5, 5.41) is 1.07. The third-order valence-corrected chi connectivity index (χ3v) is 4.89. The zero-order valence-electron chi connectivity index (χ0n) is 13.0. The molecule has 0 spiro atoms. The molecule has 3 aromatic heterocycles. The number of benzene rings is 1. The van der Waals surface area contributed by atoms with Crippen LogP contribution in [0.5, 0.6) is 0 Å². The molecule has 0 aliphatic rings. The predicted molar refractivity (Wildman–Crippen MR) is 94.5 cm³/mol. The van der Waals surface area contributed by atoms with E-state index in [2.05, 4.69) is 51.6 Å². The molecule has 0 atom stereocenters. The van der Waals surface area contributed by atoms with E-state index in [0.717, 1.165) is 27.2 Å². The molecule has 4 nitrogen and oxygen atoms in total. The van der Waals surface area contributed by atoms with Gasteiger partial charge in [0, 0.05) is 23.2 Å². The highest BCUT2D eigenvalue weighted by Gasteiger charge is 2.18. The monoisotopic (exact) mass is 320 g/mol. The Morgan fingerprint density at radius 1 is 1.09 bits per heavy atom. The molecule has 0 radical (unpaired) electrons. The van der Waals surface area contributed by atoms with Crippen LogP contribution in [0.2, 0.25) is 0 Å². The summed E-state index contributed by atoms with van der Waals surface area (Å²) in [6.45, 7) is 4.35. The van der Waals surface area contributed by atoms with Gasteiger partial charge in [0.05, 0.1) is 22.6 Å². The topological polar surface area (TPSA) is 43.6 Å². The minimum Gasteiger partial charge on any atom is -0.327 e. The molecule has 0 N–H and O–H groups in total. The van der Waals surface area contributed by atoms with Gasteiger partial charge >= 0.3 is 0 Å². The van der Waals surface area contributed by atoms with Gasteiger partial charge in [0.2, 0.25) is 0 Å². The molecular formula is C18H16N4S. The Hall–Kier alpha value is -2.53. The lowest BCUT2D eigenvalue weighted by Crippen LogP contribution is -2.00. The summed E-state index contributed by atoms with van der Waals surface area (Å²) in [5.74, 6) is 0. The maximum atomic E-state index is 4.69. The number of aromatic nitrogens is 4. The van der Waals surface area contributed by atoms with Crippen LogP contribution in [0, 0.1) is 0 Å². The van der Waals surface area contributed by atoms with Crippen molar-refractivity contribution in [1.29, 1.82) is 0 Å². The van der Waals surface area contributed by atoms with Crippen molar-refractivity contribution in [3.63, 3.8) is 0 Å². The van der Waals surface area contributed by atoms with Crippen LogP contribution < -0.4 is 0 Å². The van der Waals surface area contributed by atoms with Crippen molar-refractivity contribution in [1.82, 2.24) is 19.5 Å². The highest BCUT2D eigenvalue weighted by Crippen LogP contribution is 2.38. The van der Waals surface area contributed by atoms with Gasteiger partial charge in [0.15, 0.2) is 0 Å². The summed E-state index contributed by atoms with van der Waals surface area (Å²) in [4.78, 5) is 15.3. The van der Waals surface area contributed by atoms with Crippen LogP contribution in [-0.4, -0.2) is 19.5 Å². The van der Waals surface area contributed by atoms with Gasteiger partial charge in [-0.3, -0.25) is 0 Å². The molecule has 0 fully saturated rings. The van der Waals surface area contributed by atoms with E-state index in [9.17, 15) is 0 Å². The van der Waals surface area contributed by atoms with E-state index in [1.807, 2.05) is 30.7 Å². The average Bonchev–Trinajstić information content (AvgIpc) is 3.19. The first-order chi connectivity index (χ1) is 11.2. The zero-order valence-corrected chi connectivity index (χ0v) is 13.8. The van der Waals surface area contributed by atoms with Gasteiger partial charge in [-0.1, -0.05) is 30.3 Å². The lowest BCUT2D eigenvalue weighted by atomic mass is 10.1. The largest absolute Gasteiger partial charge is 0.327 e. The minimum atomic E-state index is 0.339. The molecule has 4 rings (SSSR count). The van der Waals surface area contributed by atoms with E-state index in [0.29, 0.717) is 6.04 Å². The lowest BCUT2D eigenvalue weighted by molar-refractivity contribution is 0.606. The van der Waals surface area contributed by atoms with E-state index in [-0.39, 0.29) is 0 Å². The smallest absolute Gasteiger partial charge is 0.127 e. The van der Waals surface area contributed by atoms with Crippen molar-refractivity contribution < 1.29 is 0 Å². The molecule has 5 heteroatoms. The minimum absolute atomic E-state index is 0.339. The van der Waals surface area contributed by atoms with Crippen LogP contribution >= 0.6 is 11.3 Å². The van der Waals surface area contributed by atoms with Crippen LogP contribution in [0.4, 0.5) is 0 Å². The highest BCUT2D eigenvalue weighted by atomic mass is 32.1. The molecule has 23 heavy (non-hydrogen) atoms. The standard InChI is InChI=1S/C18H16N4S/c1-12(2)22-11-21-16(13-6-4-3-5-7-13)17(22)15-8-14-9-19-10-20-18(14)23-15/h3-12H,1-2H3. The Morgan fingerprint density at radius 2 is 1.91 bits per heavy atom. The lowest BCUT2D eigenvalue weighted by Gasteiger charge is -2.12. The molecule has 114 valence electrons. The van der Waals surface area contributed by atoms with Crippen LogP contribution in [0.15, 0.2) is 55.2 Å². The fourth-order valence-corrected chi connectivity index (χ4v) is 3.73. The van der Waals surface area contributed by atoms with Gasteiger partial charge in [-0.2, -0.15) is 0 Å². The molecule has 0 saturated heterocycles. The van der Waals surface area contributed by atoms with Gasteiger partial charge in [0.1, 0.15) is 11.2 Å². The molecule has 4 aromatic rings. The summed E-state index contributed by atoms with van der Waals surface area (Å²) in [6.07, 6.45) is 5.39. The molecule has 3 heterocycles. The van der Waals surface area contributed by atoms with Gasteiger partial charge < -0.3 is 4.57 Å². The predicted octanol–water partition coefficient (Wildman–Crippen LogP) is 4.80. The van der Waals surface area contributed by atoms with E-state index < -0.39 is 0 Å². The number of hydrogen-bond acceptors (Lipinski definition) is 4. The number of nitrogens with zero attached hydrogens (tertiary/aromatic N) is 4. The first kappa shape index (κ1) is 14.1. The molecular weight excluding hydrogens is 304 g/mol. The molecule has 0 aliphatic heterocycles. The summed E-state index contributed by atoms with van der Waals surface area (Å²) in [7, 11) is 0. The van der Waals surface area contributed by atoms with Gasteiger partial charge in [-0.25, -0.2) is 15.0 Å². The van der Waals surface area contributed by atoms with Crippen LogP contribution in [0.25, 0.3) is 32.0 Å². The molecule has 1 aromatic carbocycles. The van der Waals surface area contributed by atoms with E-state index in [4.69, 9.17) is 0 Å². The van der Waals surface area contributed by atoms with E-state index >= 15 is 0 Å². The van der Waals surface area contributed by atoms with Crippen molar-refractivity contribution in [3.8, 4) is 21.8 Å². The first-order valence-corrected chi connectivity index (χ1v) is 8.38. The first-order valence-electron chi connectivity index (χ1n) is 7.56. The third-order valence-electron chi connectivity index (χ3n) is 3.83. The summed E-state index contributed by atoms with van der Waals surface area (Å²) in [6, 6.07) is 12.8. The van der Waals surface area contributed by atoms with Crippen LogP contribution in [0.1, 0.15) is 19.9 Å². The normalized spacial score (nSPS) is 11.4. The Labute approximate surface area is 138 Å². The molecule has 0 saturated carbocycles. The average molecular weight is 320 g/mol. The second-order valence-electron chi connectivity index (χ2n) is 5.70. The quantitative estimate of drug-likeness (QED) is 0.544. The second kappa shape index (κ2) is 5.59. The molecule has 0 aliphatic carbocycles.